The van der Waals surface area contributed by atoms with Gasteiger partial charge in [0.25, 0.3) is 0 Å². The Morgan fingerprint density at radius 1 is 0.966 bits per heavy atom. The quantitative estimate of drug-likeness (QED) is 0.823. The second-order valence-electron chi connectivity index (χ2n) is 9.09. The van der Waals surface area contributed by atoms with Gasteiger partial charge in [0.05, 0.1) is 26.2 Å². The zero-order chi connectivity index (χ0) is 20.0. The zero-order valence-electron chi connectivity index (χ0n) is 16.7. The van der Waals surface area contributed by atoms with Crippen LogP contribution in [0.1, 0.15) is 24.8 Å². The lowest BCUT2D eigenvalue weighted by Gasteiger charge is -2.38. The van der Waals surface area contributed by atoms with Crippen LogP contribution in [-0.2, 0) is 16.1 Å². The summed E-state index contributed by atoms with van der Waals surface area (Å²) in [5.41, 5.74) is 1.35. The molecule has 5 heteroatoms. The molecule has 1 aliphatic heterocycles. The molecule has 4 atom stereocenters. The number of benzene rings is 2. The van der Waals surface area contributed by atoms with Gasteiger partial charge >= 0.3 is 0 Å². The van der Waals surface area contributed by atoms with Crippen molar-refractivity contribution in [2.24, 2.45) is 23.7 Å². The summed E-state index contributed by atoms with van der Waals surface area (Å²) in [6.45, 7) is 4.20. The summed E-state index contributed by atoms with van der Waals surface area (Å²) in [6.07, 6.45) is 2.83. The summed E-state index contributed by atoms with van der Waals surface area (Å²) < 4.78 is 0. The van der Waals surface area contributed by atoms with Crippen molar-refractivity contribution >= 4 is 22.6 Å². The number of carboxylic acid groups (broad SMARTS) is 1. The maximum Gasteiger partial charge on any atom is 0.227 e. The van der Waals surface area contributed by atoms with E-state index in [1.54, 1.807) is 0 Å². The van der Waals surface area contributed by atoms with Crippen LogP contribution in [0.25, 0.3) is 10.8 Å². The number of carbonyl (C=O) groups excluding carboxylic acids is 2. The van der Waals surface area contributed by atoms with Crippen molar-refractivity contribution in [1.29, 1.82) is 0 Å². The molecule has 2 aromatic rings. The average molecular weight is 392 g/mol. The number of carbonyl (C=O) groups is 2. The minimum Gasteiger partial charge on any atom is -0.550 e. The molecule has 0 unspecified atom stereocenters. The van der Waals surface area contributed by atoms with E-state index in [1.165, 1.54) is 21.2 Å². The van der Waals surface area contributed by atoms with Gasteiger partial charge in [0.15, 0.2) is 0 Å². The van der Waals surface area contributed by atoms with Crippen LogP contribution in [0.5, 0.6) is 0 Å². The van der Waals surface area contributed by atoms with Gasteiger partial charge in [-0.3, -0.25) is 4.79 Å². The zero-order valence-corrected chi connectivity index (χ0v) is 16.7. The molecule has 1 amide bonds. The molecule has 29 heavy (non-hydrogen) atoms. The van der Waals surface area contributed by atoms with Gasteiger partial charge in [0, 0.05) is 23.4 Å². The highest BCUT2D eigenvalue weighted by Crippen LogP contribution is 2.52. The SMILES string of the molecule is O=C([O-])[C@H]1[C@H]2CC[C@H](C2)[C@@H]1C(=O)N1CC[NH+](Cc2cccc3ccccc23)CC1. The van der Waals surface area contributed by atoms with Gasteiger partial charge in [0.2, 0.25) is 5.91 Å². The predicted molar refractivity (Wildman–Crippen MR) is 108 cm³/mol. The number of hydrogen-bond acceptors (Lipinski definition) is 3. The topological polar surface area (TPSA) is 64.9 Å². The van der Waals surface area contributed by atoms with Crippen LogP contribution in [0.4, 0.5) is 0 Å². The highest BCUT2D eigenvalue weighted by molar-refractivity contribution is 5.86. The third-order valence-electron chi connectivity index (χ3n) is 7.58. The van der Waals surface area contributed by atoms with Gasteiger partial charge in [0.1, 0.15) is 6.54 Å². The van der Waals surface area contributed by atoms with Crippen molar-refractivity contribution in [3.8, 4) is 0 Å². The minimum absolute atomic E-state index is 0.0654. The van der Waals surface area contributed by atoms with Gasteiger partial charge in [-0.25, -0.2) is 0 Å². The van der Waals surface area contributed by atoms with E-state index < -0.39 is 11.9 Å². The Morgan fingerprint density at radius 3 is 2.41 bits per heavy atom. The molecule has 0 radical (unpaired) electrons. The fraction of sp³-hybridized carbons (Fsp3) is 0.500. The molecule has 1 N–H and O–H groups in total. The number of fused-ring (bicyclic) bond motifs is 3. The molecule has 1 saturated heterocycles. The fourth-order valence-corrected chi connectivity index (χ4v) is 6.13. The molecule has 152 valence electrons. The maximum atomic E-state index is 13.2. The standard InChI is InChI=1S/C24H28N2O3/c27-23(21-17-8-9-18(14-17)22(21)24(28)29)26-12-10-25(11-13-26)15-19-6-3-5-16-4-1-2-7-20(16)19/h1-7,17-18,21-22H,8-15H2,(H,28,29)/t17-,18+,21+,22+/m1/s1. The van der Waals surface area contributed by atoms with Crippen LogP contribution in [0.3, 0.4) is 0 Å². The Bertz CT molecular complexity index is 929. The number of rotatable bonds is 4. The average Bonchev–Trinajstić information content (AvgIpc) is 3.36. The van der Waals surface area contributed by atoms with Gasteiger partial charge in [-0.15, -0.1) is 0 Å². The first kappa shape index (κ1) is 18.6. The molecule has 2 saturated carbocycles. The number of hydrogen-bond donors (Lipinski definition) is 1. The molecule has 0 spiro atoms. The van der Waals surface area contributed by atoms with Crippen LogP contribution in [-0.4, -0.2) is 43.0 Å². The number of aliphatic carboxylic acids is 1. The second-order valence-corrected chi connectivity index (χ2v) is 9.09. The van der Waals surface area contributed by atoms with E-state index in [0.717, 1.165) is 38.9 Å². The highest BCUT2D eigenvalue weighted by Gasteiger charge is 2.52. The van der Waals surface area contributed by atoms with Crippen molar-refractivity contribution in [1.82, 2.24) is 4.90 Å². The molecule has 1 heterocycles. The molecule has 2 bridgehead atoms. The number of amides is 1. The molecular formula is C24H28N2O3. The fourth-order valence-electron chi connectivity index (χ4n) is 6.13. The molecule has 5 nitrogen and oxygen atoms in total. The number of nitrogens with one attached hydrogen (secondary N) is 1. The van der Waals surface area contributed by atoms with Gasteiger partial charge in [-0.1, -0.05) is 42.5 Å². The molecule has 3 fully saturated rings. The summed E-state index contributed by atoms with van der Waals surface area (Å²) in [6, 6.07) is 14.9. The minimum atomic E-state index is -1.02. The van der Waals surface area contributed by atoms with E-state index in [1.807, 2.05) is 4.90 Å². The summed E-state index contributed by atoms with van der Waals surface area (Å²) >= 11 is 0. The predicted octanol–water partition coefficient (Wildman–Crippen LogP) is 0.479. The summed E-state index contributed by atoms with van der Waals surface area (Å²) in [5, 5.41) is 14.2. The van der Waals surface area contributed by atoms with E-state index in [4.69, 9.17) is 0 Å². The van der Waals surface area contributed by atoms with E-state index in [2.05, 4.69) is 42.5 Å². The number of carboxylic acids is 1. The van der Waals surface area contributed by atoms with Crippen LogP contribution < -0.4 is 10.0 Å². The first-order valence-electron chi connectivity index (χ1n) is 10.9. The number of quaternary nitrogens is 1. The first-order valence-corrected chi connectivity index (χ1v) is 10.9. The Balaban J connectivity index is 1.24. The van der Waals surface area contributed by atoms with Crippen LogP contribution in [0.15, 0.2) is 42.5 Å². The van der Waals surface area contributed by atoms with E-state index in [-0.39, 0.29) is 23.7 Å². The van der Waals surface area contributed by atoms with Crippen LogP contribution in [0.2, 0.25) is 0 Å². The Labute approximate surface area is 171 Å². The summed E-state index contributed by atoms with van der Waals surface area (Å²) in [4.78, 5) is 28.2. The lowest BCUT2D eigenvalue weighted by molar-refractivity contribution is -0.917. The summed E-state index contributed by atoms with van der Waals surface area (Å²) in [5.74, 6) is -1.47. The van der Waals surface area contributed by atoms with Gasteiger partial charge < -0.3 is 19.7 Å². The Morgan fingerprint density at radius 2 is 1.66 bits per heavy atom. The molecular weight excluding hydrogens is 364 g/mol. The number of nitrogens with zero attached hydrogens (tertiary/aromatic N) is 1. The van der Waals surface area contributed by atoms with Crippen LogP contribution >= 0.6 is 0 Å². The third-order valence-corrected chi connectivity index (χ3v) is 7.58. The highest BCUT2D eigenvalue weighted by atomic mass is 16.4. The van der Waals surface area contributed by atoms with E-state index in [9.17, 15) is 14.7 Å². The molecule has 2 aliphatic carbocycles. The van der Waals surface area contributed by atoms with Gasteiger partial charge in [-0.2, -0.15) is 0 Å². The van der Waals surface area contributed by atoms with E-state index >= 15 is 0 Å². The normalized spacial score (nSPS) is 29.4. The molecule has 0 aromatic heterocycles. The lowest BCUT2D eigenvalue weighted by atomic mass is 9.78. The van der Waals surface area contributed by atoms with Crippen molar-refractivity contribution in [2.45, 2.75) is 25.8 Å². The largest absolute Gasteiger partial charge is 0.550 e. The Kier molecular flexibility index (Phi) is 4.78. The molecule has 5 rings (SSSR count). The van der Waals surface area contributed by atoms with Gasteiger partial charge in [-0.05, 0) is 41.9 Å². The van der Waals surface area contributed by atoms with Crippen molar-refractivity contribution in [3.05, 3.63) is 48.0 Å². The first-order chi connectivity index (χ1) is 14.1. The number of piperazine rings is 1. The maximum absolute atomic E-state index is 13.2. The van der Waals surface area contributed by atoms with Crippen LogP contribution in [0, 0.1) is 23.7 Å². The monoisotopic (exact) mass is 392 g/mol. The third kappa shape index (κ3) is 3.31. The smallest absolute Gasteiger partial charge is 0.227 e. The lowest BCUT2D eigenvalue weighted by Crippen LogP contribution is -3.13. The molecule has 3 aliphatic rings. The second kappa shape index (κ2) is 7.45. The van der Waals surface area contributed by atoms with E-state index in [0.29, 0.717) is 13.1 Å². The van der Waals surface area contributed by atoms with Crippen molar-refractivity contribution < 1.29 is 19.6 Å². The summed E-state index contributed by atoms with van der Waals surface area (Å²) in [7, 11) is 0. The molecule has 2 aromatic carbocycles. The Hall–Kier alpha value is -2.40. The van der Waals surface area contributed by atoms with Crippen molar-refractivity contribution in [2.75, 3.05) is 26.2 Å². The van der Waals surface area contributed by atoms with Crippen molar-refractivity contribution in [3.63, 3.8) is 0 Å².